The summed E-state index contributed by atoms with van der Waals surface area (Å²) < 4.78 is 6.36. The molecule has 5 nitrogen and oxygen atoms in total. The molecule has 23 heavy (non-hydrogen) atoms. The summed E-state index contributed by atoms with van der Waals surface area (Å²) in [6.45, 7) is 1.19. The lowest BCUT2D eigenvalue weighted by molar-refractivity contribution is -0.119. The summed E-state index contributed by atoms with van der Waals surface area (Å²) in [5.74, 6) is 0.155. The van der Waals surface area contributed by atoms with Crippen LogP contribution in [0.1, 0.15) is 11.1 Å². The highest BCUT2D eigenvalue weighted by molar-refractivity contribution is 9.10. The van der Waals surface area contributed by atoms with Crippen LogP contribution in [0.15, 0.2) is 47.2 Å². The molecule has 0 bridgehead atoms. The maximum atomic E-state index is 10.8. The molecule has 0 aliphatic carbocycles. The molecule has 126 valence electrons. The molecular formula is C15H18BrCl2N3O2. The van der Waals surface area contributed by atoms with Crippen LogP contribution in [0.2, 0.25) is 0 Å². The normalized spacial score (nSPS) is 9.43. The number of ether oxygens (including phenoxy) is 1. The summed E-state index contributed by atoms with van der Waals surface area (Å²) in [5.41, 5.74) is 7.16. The highest BCUT2D eigenvalue weighted by Gasteiger charge is 2.06. The molecule has 8 heteroatoms. The number of halogens is 3. The zero-order chi connectivity index (χ0) is 15.1. The minimum atomic E-state index is -0.493. The molecule has 0 radical (unpaired) electrons. The first kappa shape index (κ1) is 21.7. The molecule has 0 atom stereocenters. The molecule has 0 aliphatic rings. The lowest BCUT2D eigenvalue weighted by Crippen LogP contribution is -2.21. The molecule has 2 aromatic rings. The number of pyridine rings is 1. The average molecular weight is 423 g/mol. The predicted octanol–water partition coefficient (Wildman–Crippen LogP) is 2.84. The van der Waals surface area contributed by atoms with Crippen LogP contribution in [0, 0.1) is 0 Å². The van der Waals surface area contributed by atoms with Crippen molar-refractivity contribution in [3.8, 4) is 5.75 Å². The van der Waals surface area contributed by atoms with E-state index in [0.717, 1.165) is 15.6 Å². The molecule has 1 amide bonds. The number of amides is 1. The zero-order valence-corrected chi connectivity index (χ0v) is 15.4. The number of carbonyl (C=O) groups is 1. The fourth-order valence-corrected chi connectivity index (χ4v) is 2.23. The van der Waals surface area contributed by atoms with Gasteiger partial charge >= 0.3 is 0 Å². The van der Waals surface area contributed by atoms with Crippen molar-refractivity contribution < 1.29 is 9.53 Å². The number of nitrogens with two attached hydrogens (primary N) is 1. The van der Waals surface area contributed by atoms with Crippen LogP contribution in [0.25, 0.3) is 0 Å². The quantitative estimate of drug-likeness (QED) is 0.719. The summed E-state index contributed by atoms with van der Waals surface area (Å²) in [4.78, 5) is 14.9. The summed E-state index contributed by atoms with van der Waals surface area (Å²) in [6.07, 6.45) is 3.56. The smallest absolute Gasteiger partial charge is 0.255 e. The molecule has 1 heterocycles. The Bertz CT molecular complexity index is 615. The van der Waals surface area contributed by atoms with Gasteiger partial charge in [-0.05, 0) is 29.8 Å². The molecular weight excluding hydrogens is 405 g/mol. The first-order valence-corrected chi connectivity index (χ1v) is 7.23. The minimum absolute atomic E-state index is 0. The van der Waals surface area contributed by atoms with E-state index in [4.69, 9.17) is 10.5 Å². The van der Waals surface area contributed by atoms with Crippen molar-refractivity contribution in [3.05, 3.63) is 58.3 Å². The van der Waals surface area contributed by atoms with Gasteiger partial charge in [0, 0.05) is 35.5 Å². The van der Waals surface area contributed by atoms with Gasteiger partial charge in [0.05, 0.1) is 0 Å². The van der Waals surface area contributed by atoms with E-state index in [2.05, 4.69) is 26.2 Å². The van der Waals surface area contributed by atoms with Gasteiger partial charge in [-0.3, -0.25) is 9.78 Å². The van der Waals surface area contributed by atoms with Gasteiger partial charge in [0.25, 0.3) is 5.91 Å². The molecule has 0 unspecified atom stereocenters. The van der Waals surface area contributed by atoms with Crippen molar-refractivity contribution in [1.82, 2.24) is 10.3 Å². The van der Waals surface area contributed by atoms with Gasteiger partial charge in [-0.1, -0.05) is 22.0 Å². The van der Waals surface area contributed by atoms with E-state index in [-0.39, 0.29) is 31.4 Å². The van der Waals surface area contributed by atoms with E-state index in [1.807, 2.05) is 36.5 Å². The molecule has 2 rings (SSSR count). The Balaban J connectivity index is 0.00000242. The molecule has 0 fully saturated rings. The summed E-state index contributed by atoms with van der Waals surface area (Å²) in [5, 5.41) is 3.32. The second-order valence-corrected chi connectivity index (χ2v) is 5.39. The highest BCUT2D eigenvalue weighted by Crippen LogP contribution is 2.23. The van der Waals surface area contributed by atoms with E-state index in [0.29, 0.717) is 18.8 Å². The van der Waals surface area contributed by atoms with E-state index in [1.54, 1.807) is 6.20 Å². The topological polar surface area (TPSA) is 77.2 Å². The number of primary amides is 1. The number of rotatable bonds is 7. The van der Waals surface area contributed by atoms with Crippen LogP contribution in [0.4, 0.5) is 0 Å². The Morgan fingerprint density at radius 3 is 2.70 bits per heavy atom. The first-order valence-electron chi connectivity index (χ1n) is 6.44. The Morgan fingerprint density at radius 1 is 1.26 bits per heavy atom. The summed E-state index contributed by atoms with van der Waals surface area (Å²) in [7, 11) is 0. The summed E-state index contributed by atoms with van der Waals surface area (Å²) in [6, 6.07) is 9.53. The fourth-order valence-electron chi connectivity index (χ4n) is 1.82. The van der Waals surface area contributed by atoms with Crippen molar-refractivity contribution >= 4 is 46.7 Å². The molecule has 0 saturated carbocycles. The van der Waals surface area contributed by atoms with Crippen molar-refractivity contribution in [1.29, 1.82) is 0 Å². The van der Waals surface area contributed by atoms with Crippen LogP contribution < -0.4 is 15.8 Å². The standard InChI is InChI=1S/C15H16BrN3O2.2ClH/c16-13-3-4-14(21-10-15(17)20)12(6-13)9-19-8-11-2-1-5-18-7-11;;/h1-7,19H,8-10H2,(H2,17,20);2*1H. The van der Waals surface area contributed by atoms with Crippen LogP contribution in [0.3, 0.4) is 0 Å². The largest absolute Gasteiger partial charge is 0.483 e. The Kier molecular flexibility index (Phi) is 10.6. The third kappa shape index (κ3) is 7.65. The van der Waals surface area contributed by atoms with Crippen molar-refractivity contribution in [3.63, 3.8) is 0 Å². The minimum Gasteiger partial charge on any atom is -0.483 e. The van der Waals surface area contributed by atoms with Crippen molar-refractivity contribution in [2.75, 3.05) is 6.61 Å². The number of carbonyl (C=O) groups excluding carboxylic acids is 1. The molecule has 3 N–H and O–H groups in total. The van der Waals surface area contributed by atoms with Crippen LogP contribution in [-0.2, 0) is 17.9 Å². The van der Waals surface area contributed by atoms with Gasteiger partial charge in [-0.2, -0.15) is 0 Å². The Morgan fingerprint density at radius 2 is 2.04 bits per heavy atom. The SMILES string of the molecule is Cl.Cl.NC(=O)COc1ccc(Br)cc1CNCc1cccnc1. The van der Waals surface area contributed by atoms with Gasteiger partial charge in [0.2, 0.25) is 0 Å². The third-order valence-corrected chi connectivity index (χ3v) is 3.25. The number of nitrogens with zero attached hydrogens (tertiary/aromatic N) is 1. The van der Waals surface area contributed by atoms with E-state index in [1.165, 1.54) is 0 Å². The molecule has 0 saturated heterocycles. The third-order valence-electron chi connectivity index (χ3n) is 2.76. The molecule has 0 aliphatic heterocycles. The highest BCUT2D eigenvalue weighted by atomic mass is 79.9. The molecule has 1 aromatic carbocycles. The first-order chi connectivity index (χ1) is 10.1. The van der Waals surface area contributed by atoms with Gasteiger partial charge in [-0.25, -0.2) is 0 Å². The van der Waals surface area contributed by atoms with Gasteiger partial charge < -0.3 is 15.8 Å². The predicted molar refractivity (Wildman–Crippen MR) is 98.1 cm³/mol. The molecule has 0 spiro atoms. The van der Waals surface area contributed by atoms with Crippen molar-refractivity contribution in [2.24, 2.45) is 5.73 Å². The number of hydrogen-bond donors (Lipinski definition) is 2. The average Bonchev–Trinajstić information content (AvgIpc) is 2.47. The number of hydrogen-bond acceptors (Lipinski definition) is 4. The summed E-state index contributed by atoms with van der Waals surface area (Å²) >= 11 is 3.43. The van der Waals surface area contributed by atoms with Crippen LogP contribution in [-0.4, -0.2) is 17.5 Å². The van der Waals surface area contributed by atoms with E-state index < -0.39 is 5.91 Å². The number of benzene rings is 1. The van der Waals surface area contributed by atoms with Crippen molar-refractivity contribution in [2.45, 2.75) is 13.1 Å². The van der Waals surface area contributed by atoms with Crippen LogP contribution >= 0.6 is 40.7 Å². The lowest BCUT2D eigenvalue weighted by atomic mass is 10.2. The maximum absolute atomic E-state index is 10.8. The number of nitrogens with one attached hydrogen (secondary N) is 1. The zero-order valence-electron chi connectivity index (χ0n) is 12.2. The van der Waals surface area contributed by atoms with E-state index in [9.17, 15) is 4.79 Å². The lowest BCUT2D eigenvalue weighted by Gasteiger charge is -2.12. The fraction of sp³-hybridized carbons (Fsp3) is 0.200. The van der Waals surface area contributed by atoms with Gasteiger partial charge in [0.15, 0.2) is 6.61 Å². The Hall–Kier alpha value is -1.34. The van der Waals surface area contributed by atoms with Gasteiger partial charge in [-0.15, -0.1) is 24.8 Å². The van der Waals surface area contributed by atoms with E-state index >= 15 is 0 Å². The van der Waals surface area contributed by atoms with Crippen LogP contribution in [0.5, 0.6) is 5.75 Å². The maximum Gasteiger partial charge on any atom is 0.255 e. The number of aromatic nitrogens is 1. The van der Waals surface area contributed by atoms with Gasteiger partial charge in [0.1, 0.15) is 5.75 Å². The second-order valence-electron chi connectivity index (χ2n) is 4.47. The Labute approximate surface area is 156 Å². The molecule has 1 aromatic heterocycles. The second kappa shape index (κ2) is 11.2. The monoisotopic (exact) mass is 421 g/mol.